The van der Waals surface area contributed by atoms with Gasteiger partial charge in [0.2, 0.25) is 0 Å². The summed E-state index contributed by atoms with van der Waals surface area (Å²) in [6.45, 7) is 6.87. The maximum absolute atomic E-state index is 6.26. The number of aryl methyl sites for hydroxylation is 1. The minimum absolute atomic E-state index is 0.376. The number of aromatic nitrogens is 2. The summed E-state index contributed by atoms with van der Waals surface area (Å²) in [5, 5.41) is 4.38. The smallest absolute Gasteiger partial charge is 0.146 e. The summed E-state index contributed by atoms with van der Waals surface area (Å²) in [5.74, 6) is 1.53. The Labute approximate surface area is 135 Å². The Balaban J connectivity index is 2.18. The van der Waals surface area contributed by atoms with Crippen molar-refractivity contribution in [1.82, 2.24) is 14.9 Å². The number of ether oxygens (including phenoxy) is 1. The van der Waals surface area contributed by atoms with Crippen LogP contribution in [0.5, 0.6) is 5.75 Å². The molecule has 21 heavy (non-hydrogen) atoms. The van der Waals surface area contributed by atoms with Crippen molar-refractivity contribution in [1.29, 1.82) is 0 Å². The van der Waals surface area contributed by atoms with Gasteiger partial charge < -0.3 is 14.6 Å². The molecule has 0 saturated carbocycles. The minimum atomic E-state index is 0.376. The van der Waals surface area contributed by atoms with Crippen LogP contribution in [0, 0.1) is 0 Å². The first kappa shape index (κ1) is 16.1. The Morgan fingerprint density at radius 2 is 2.10 bits per heavy atom. The lowest BCUT2D eigenvalue weighted by atomic mass is 10.2. The van der Waals surface area contributed by atoms with Crippen LogP contribution in [0.15, 0.2) is 24.5 Å². The van der Waals surface area contributed by atoms with E-state index in [-0.39, 0.29) is 0 Å². The highest BCUT2D eigenvalue weighted by molar-refractivity contribution is 6.35. The fraction of sp³-hybridized carbons (Fsp3) is 0.400. The zero-order valence-corrected chi connectivity index (χ0v) is 13.7. The van der Waals surface area contributed by atoms with E-state index in [0.717, 1.165) is 24.5 Å². The lowest BCUT2D eigenvalue weighted by molar-refractivity contribution is 0.286. The molecule has 0 saturated heterocycles. The summed E-state index contributed by atoms with van der Waals surface area (Å²) in [4.78, 5) is 4.29. The number of nitrogens with one attached hydrogen (secondary N) is 1. The highest BCUT2D eigenvalue weighted by Crippen LogP contribution is 2.33. The number of imidazole rings is 1. The van der Waals surface area contributed by atoms with Gasteiger partial charge in [-0.25, -0.2) is 4.98 Å². The van der Waals surface area contributed by atoms with Crippen molar-refractivity contribution in [3.8, 4) is 5.75 Å². The lowest BCUT2D eigenvalue weighted by Gasteiger charge is -2.14. The van der Waals surface area contributed by atoms with Gasteiger partial charge in [0.15, 0.2) is 0 Å². The summed E-state index contributed by atoms with van der Waals surface area (Å²) in [6.07, 6.45) is 3.70. The van der Waals surface area contributed by atoms with Gasteiger partial charge in [-0.3, -0.25) is 0 Å². The largest absolute Gasteiger partial charge is 0.484 e. The predicted octanol–water partition coefficient (Wildman–Crippen LogP) is 3.90. The van der Waals surface area contributed by atoms with Crippen LogP contribution in [0.25, 0.3) is 0 Å². The van der Waals surface area contributed by atoms with Crippen molar-refractivity contribution >= 4 is 23.2 Å². The average Bonchev–Trinajstić information content (AvgIpc) is 2.91. The minimum Gasteiger partial charge on any atom is -0.484 e. The second kappa shape index (κ2) is 7.69. The number of hydrogen-bond acceptors (Lipinski definition) is 3. The summed E-state index contributed by atoms with van der Waals surface area (Å²) >= 11 is 12.3. The van der Waals surface area contributed by atoms with Crippen molar-refractivity contribution in [2.24, 2.45) is 0 Å². The van der Waals surface area contributed by atoms with Crippen molar-refractivity contribution in [2.45, 2.75) is 33.5 Å². The molecule has 0 aliphatic rings. The van der Waals surface area contributed by atoms with E-state index in [2.05, 4.69) is 17.2 Å². The third-order valence-corrected chi connectivity index (χ3v) is 3.64. The third kappa shape index (κ3) is 4.13. The van der Waals surface area contributed by atoms with Gasteiger partial charge in [-0.1, -0.05) is 30.1 Å². The second-order valence-electron chi connectivity index (χ2n) is 4.57. The Hall–Kier alpha value is -1.23. The number of nitrogens with zero attached hydrogens (tertiary/aromatic N) is 2. The zero-order chi connectivity index (χ0) is 15.2. The quantitative estimate of drug-likeness (QED) is 0.838. The molecule has 0 radical (unpaired) electrons. The molecule has 0 bridgehead atoms. The normalized spacial score (nSPS) is 10.9. The molecule has 1 aromatic heterocycles. The van der Waals surface area contributed by atoms with Crippen LogP contribution in [-0.2, 0) is 19.7 Å². The van der Waals surface area contributed by atoms with E-state index in [4.69, 9.17) is 27.9 Å². The Morgan fingerprint density at radius 1 is 1.29 bits per heavy atom. The molecule has 0 aliphatic heterocycles. The Morgan fingerprint density at radius 3 is 2.81 bits per heavy atom. The van der Waals surface area contributed by atoms with Crippen LogP contribution in [0.1, 0.15) is 25.2 Å². The Bertz CT molecular complexity index is 599. The first-order chi connectivity index (χ1) is 10.2. The molecule has 2 aromatic rings. The standard InChI is InChI=1S/C15H19Cl2N3O/c1-3-18-9-11-7-12(16)8-13(17)15(11)21-10-14-19-5-6-20(14)4-2/h5-8,18H,3-4,9-10H2,1-2H3. The van der Waals surface area contributed by atoms with E-state index in [9.17, 15) is 0 Å². The molecule has 0 atom stereocenters. The molecular weight excluding hydrogens is 309 g/mol. The molecule has 2 rings (SSSR count). The highest BCUT2D eigenvalue weighted by atomic mass is 35.5. The van der Waals surface area contributed by atoms with Crippen molar-refractivity contribution in [3.05, 3.63) is 46.0 Å². The summed E-state index contributed by atoms with van der Waals surface area (Å²) in [5.41, 5.74) is 0.948. The fourth-order valence-corrected chi connectivity index (χ4v) is 2.66. The molecule has 0 amide bonds. The molecule has 1 aromatic carbocycles. The van der Waals surface area contributed by atoms with Crippen LogP contribution >= 0.6 is 23.2 Å². The summed E-state index contributed by atoms with van der Waals surface area (Å²) < 4.78 is 7.93. The highest BCUT2D eigenvalue weighted by Gasteiger charge is 2.12. The van der Waals surface area contributed by atoms with Crippen LogP contribution in [0.3, 0.4) is 0 Å². The molecule has 1 heterocycles. The first-order valence-electron chi connectivity index (χ1n) is 6.97. The van der Waals surface area contributed by atoms with Crippen molar-refractivity contribution in [3.63, 3.8) is 0 Å². The SMILES string of the molecule is CCNCc1cc(Cl)cc(Cl)c1OCc1nccn1CC. The predicted molar refractivity (Wildman–Crippen MR) is 86.1 cm³/mol. The number of halogens is 2. The van der Waals surface area contributed by atoms with E-state index in [1.54, 1.807) is 12.3 Å². The summed E-state index contributed by atoms with van der Waals surface area (Å²) in [7, 11) is 0. The number of rotatable bonds is 7. The molecular formula is C15H19Cl2N3O. The van der Waals surface area contributed by atoms with Crippen LogP contribution in [-0.4, -0.2) is 16.1 Å². The average molecular weight is 328 g/mol. The van der Waals surface area contributed by atoms with Crippen molar-refractivity contribution in [2.75, 3.05) is 6.54 Å². The molecule has 114 valence electrons. The van der Waals surface area contributed by atoms with Crippen LogP contribution in [0.4, 0.5) is 0 Å². The topological polar surface area (TPSA) is 39.1 Å². The fourth-order valence-electron chi connectivity index (χ4n) is 2.07. The lowest BCUT2D eigenvalue weighted by Crippen LogP contribution is -2.13. The second-order valence-corrected chi connectivity index (χ2v) is 5.42. The van der Waals surface area contributed by atoms with Crippen molar-refractivity contribution < 1.29 is 4.74 Å². The van der Waals surface area contributed by atoms with Crippen LogP contribution < -0.4 is 10.1 Å². The maximum Gasteiger partial charge on any atom is 0.146 e. The van der Waals surface area contributed by atoms with Gasteiger partial charge in [-0.05, 0) is 25.6 Å². The summed E-state index contributed by atoms with van der Waals surface area (Å²) in [6, 6.07) is 3.57. The van der Waals surface area contributed by atoms with Gasteiger partial charge in [-0.2, -0.15) is 0 Å². The van der Waals surface area contributed by atoms with Gasteiger partial charge in [-0.15, -0.1) is 0 Å². The van der Waals surface area contributed by atoms with Gasteiger partial charge in [0.1, 0.15) is 18.2 Å². The van der Waals surface area contributed by atoms with E-state index in [1.807, 2.05) is 23.8 Å². The van der Waals surface area contributed by atoms with Gasteiger partial charge in [0.25, 0.3) is 0 Å². The van der Waals surface area contributed by atoms with E-state index >= 15 is 0 Å². The monoisotopic (exact) mass is 327 g/mol. The van der Waals surface area contributed by atoms with Gasteiger partial charge in [0, 0.05) is 36.1 Å². The molecule has 0 aliphatic carbocycles. The Kier molecular flexibility index (Phi) is 5.91. The molecule has 6 heteroatoms. The number of benzene rings is 1. The third-order valence-electron chi connectivity index (χ3n) is 3.14. The zero-order valence-electron chi connectivity index (χ0n) is 12.2. The van der Waals surface area contributed by atoms with E-state index in [1.165, 1.54) is 0 Å². The molecule has 1 N–H and O–H groups in total. The van der Waals surface area contributed by atoms with Gasteiger partial charge in [0.05, 0.1) is 5.02 Å². The number of hydrogen-bond donors (Lipinski definition) is 1. The first-order valence-corrected chi connectivity index (χ1v) is 7.72. The van der Waals surface area contributed by atoms with E-state index < -0.39 is 0 Å². The maximum atomic E-state index is 6.26. The van der Waals surface area contributed by atoms with Gasteiger partial charge >= 0.3 is 0 Å². The molecule has 0 unspecified atom stereocenters. The molecule has 4 nitrogen and oxygen atoms in total. The van der Waals surface area contributed by atoms with Crippen LogP contribution in [0.2, 0.25) is 10.0 Å². The molecule has 0 spiro atoms. The molecule has 0 fully saturated rings. The van der Waals surface area contributed by atoms with E-state index in [0.29, 0.717) is 28.9 Å².